The van der Waals surface area contributed by atoms with Gasteiger partial charge in [-0.05, 0) is 54.3 Å². The molecular weight excluding hydrogens is 361 g/mol. The maximum Gasteiger partial charge on any atom is 0.223 e. The van der Waals surface area contributed by atoms with Gasteiger partial charge < -0.3 is 5.32 Å². The Labute approximate surface area is 139 Å². The zero-order valence-electron chi connectivity index (χ0n) is 13.5. The molecule has 1 aliphatic rings. The van der Waals surface area contributed by atoms with Crippen molar-refractivity contribution in [2.75, 3.05) is 11.0 Å². The summed E-state index contributed by atoms with van der Waals surface area (Å²) in [6.07, 6.45) is 9.61. The van der Waals surface area contributed by atoms with Crippen LogP contribution in [0.4, 0.5) is 0 Å². The van der Waals surface area contributed by atoms with Crippen molar-refractivity contribution in [3.8, 4) is 0 Å². The third kappa shape index (κ3) is 6.77. The second kappa shape index (κ2) is 9.26. The van der Waals surface area contributed by atoms with Crippen LogP contribution in [0, 0.1) is 17.3 Å². The molecule has 2 nitrogen and oxygen atoms in total. The van der Waals surface area contributed by atoms with E-state index in [2.05, 4.69) is 48.7 Å². The van der Waals surface area contributed by atoms with Gasteiger partial charge in [0.1, 0.15) is 0 Å². The molecule has 1 rings (SSSR count). The molecule has 0 atom stereocenters. The molecule has 1 fully saturated rings. The lowest BCUT2D eigenvalue weighted by molar-refractivity contribution is -0.126. The first kappa shape index (κ1) is 18.2. The smallest absolute Gasteiger partial charge is 0.223 e. The Morgan fingerprint density at radius 1 is 1.05 bits per heavy atom. The van der Waals surface area contributed by atoms with Crippen molar-refractivity contribution < 1.29 is 4.79 Å². The van der Waals surface area contributed by atoms with Gasteiger partial charge in [0, 0.05) is 12.5 Å². The zero-order chi connectivity index (χ0) is 15.0. The minimum atomic E-state index is 0.281. The number of alkyl halides is 1. The number of unbranched alkanes of at least 4 members (excludes halogenated alkanes) is 3. The average molecular weight is 393 g/mol. The molecule has 1 N–H and O–H groups in total. The molecule has 1 saturated carbocycles. The number of carbonyl (C=O) groups excluding carboxylic acids is 1. The second-order valence-electron chi connectivity index (χ2n) is 7.31. The van der Waals surface area contributed by atoms with Gasteiger partial charge in [0.15, 0.2) is 0 Å². The summed E-state index contributed by atoms with van der Waals surface area (Å²) < 4.78 is 1.25. The predicted molar refractivity (Wildman–Crippen MR) is 95.3 cm³/mol. The molecule has 0 aromatic rings. The predicted octanol–water partition coefficient (Wildman–Crippen LogP) is 4.95. The number of rotatable bonds is 7. The maximum absolute atomic E-state index is 12.1. The van der Waals surface area contributed by atoms with E-state index >= 15 is 0 Å². The van der Waals surface area contributed by atoms with Crippen molar-refractivity contribution >= 4 is 28.5 Å². The first-order chi connectivity index (χ1) is 9.45. The summed E-state index contributed by atoms with van der Waals surface area (Å²) in [4.78, 5) is 12.1. The maximum atomic E-state index is 12.1. The van der Waals surface area contributed by atoms with Crippen LogP contribution >= 0.6 is 22.6 Å². The molecule has 0 aromatic carbocycles. The van der Waals surface area contributed by atoms with Crippen LogP contribution in [0.3, 0.4) is 0 Å². The minimum absolute atomic E-state index is 0.281. The van der Waals surface area contributed by atoms with Crippen LogP contribution in [-0.4, -0.2) is 16.9 Å². The molecule has 0 aromatic heterocycles. The van der Waals surface area contributed by atoms with E-state index in [0.29, 0.717) is 11.3 Å². The van der Waals surface area contributed by atoms with Crippen LogP contribution in [-0.2, 0) is 4.79 Å². The van der Waals surface area contributed by atoms with Gasteiger partial charge >= 0.3 is 0 Å². The average Bonchev–Trinajstić information content (AvgIpc) is 2.41. The molecular formula is C17H32INO. The molecule has 118 valence electrons. The second-order valence-corrected chi connectivity index (χ2v) is 8.39. The molecule has 0 unspecified atom stereocenters. The van der Waals surface area contributed by atoms with Crippen molar-refractivity contribution in [2.45, 2.75) is 72.1 Å². The third-order valence-electron chi connectivity index (χ3n) is 4.68. The molecule has 0 spiro atoms. The first-order valence-electron chi connectivity index (χ1n) is 8.29. The summed E-state index contributed by atoms with van der Waals surface area (Å²) in [5, 5.41) is 3.14. The van der Waals surface area contributed by atoms with E-state index in [1.54, 1.807) is 0 Å². The van der Waals surface area contributed by atoms with Gasteiger partial charge in [-0.1, -0.05) is 56.2 Å². The summed E-state index contributed by atoms with van der Waals surface area (Å²) in [5.41, 5.74) is 0.403. The summed E-state index contributed by atoms with van der Waals surface area (Å²) in [6.45, 7) is 7.86. The van der Waals surface area contributed by atoms with Crippen LogP contribution in [0.2, 0.25) is 0 Å². The quantitative estimate of drug-likeness (QED) is 0.370. The highest BCUT2D eigenvalue weighted by Crippen LogP contribution is 2.39. The number of halogens is 1. The molecule has 3 heteroatoms. The fourth-order valence-electron chi connectivity index (χ4n) is 3.15. The Kier molecular flexibility index (Phi) is 8.45. The van der Waals surface area contributed by atoms with Crippen LogP contribution in [0.5, 0.6) is 0 Å². The van der Waals surface area contributed by atoms with Gasteiger partial charge in [-0.2, -0.15) is 0 Å². The van der Waals surface area contributed by atoms with Crippen molar-refractivity contribution in [3.05, 3.63) is 0 Å². The van der Waals surface area contributed by atoms with E-state index in [0.717, 1.165) is 31.7 Å². The van der Waals surface area contributed by atoms with Crippen LogP contribution in [0.25, 0.3) is 0 Å². The minimum Gasteiger partial charge on any atom is -0.356 e. The Hall–Kier alpha value is 0.200. The van der Waals surface area contributed by atoms with E-state index in [4.69, 9.17) is 0 Å². The number of carbonyl (C=O) groups is 1. The number of nitrogens with one attached hydrogen (secondary N) is 1. The lowest BCUT2D eigenvalue weighted by atomic mass is 9.69. The molecule has 0 heterocycles. The zero-order valence-corrected chi connectivity index (χ0v) is 15.7. The van der Waals surface area contributed by atoms with Gasteiger partial charge in [0.2, 0.25) is 5.91 Å². The molecule has 0 bridgehead atoms. The molecule has 0 radical (unpaired) electrons. The third-order valence-corrected chi connectivity index (χ3v) is 5.45. The van der Waals surface area contributed by atoms with Gasteiger partial charge in [0.25, 0.3) is 0 Å². The SMILES string of the molecule is CC(C)(C)C1CCC(C(=O)NCCCCCCI)CC1. The standard InChI is InChI=1S/C17H32INO/c1-17(2,3)15-10-8-14(9-11-15)16(20)19-13-7-5-4-6-12-18/h14-15H,4-13H2,1-3H3,(H,19,20). The monoisotopic (exact) mass is 393 g/mol. The molecule has 1 aliphatic carbocycles. The largest absolute Gasteiger partial charge is 0.356 e. The van der Waals surface area contributed by atoms with E-state index in [1.807, 2.05) is 0 Å². The first-order valence-corrected chi connectivity index (χ1v) is 9.81. The fourth-order valence-corrected chi connectivity index (χ4v) is 3.69. The Balaban J connectivity index is 2.13. The van der Waals surface area contributed by atoms with E-state index in [9.17, 15) is 4.79 Å². The van der Waals surface area contributed by atoms with Crippen molar-refractivity contribution in [1.29, 1.82) is 0 Å². The van der Waals surface area contributed by atoms with E-state index < -0.39 is 0 Å². The van der Waals surface area contributed by atoms with Crippen LogP contribution in [0.15, 0.2) is 0 Å². The van der Waals surface area contributed by atoms with Crippen molar-refractivity contribution in [3.63, 3.8) is 0 Å². The van der Waals surface area contributed by atoms with E-state index in [1.165, 1.54) is 36.5 Å². The molecule has 1 amide bonds. The summed E-state index contributed by atoms with van der Waals surface area (Å²) in [5.74, 6) is 1.38. The van der Waals surface area contributed by atoms with Gasteiger partial charge in [-0.3, -0.25) is 4.79 Å². The number of hydrogen-bond acceptors (Lipinski definition) is 1. The summed E-state index contributed by atoms with van der Waals surface area (Å²) in [6, 6.07) is 0. The number of hydrogen-bond donors (Lipinski definition) is 1. The molecule has 0 saturated heterocycles. The number of amides is 1. The Morgan fingerprint density at radius 3 is 2.20 bits per heavy atom. The summed E-state index contributed by atoms with van der Waals surface area (Å²) >= 11 is 2.43. The van der Waals surface area contributed by atoms with Crippen molar-refractivity contribution in [2.24, 2.45) is 17.3 Å². The lowest BCUT2D eigenvalue weighted by Gasteiger charge is -2.36. The van der Waals surface area contributed by atoms with Crippen LogP contribution in [0.1, 0.15) is 72.1 Å². The lowest BCUT2D eigenvalue weighted by Crippen LogP contribution is -2.35. The van der Waals surface area contributed by atoms with Crippen molar-refractivity contribution in [1.82, 2.24) is 5.32 Å². The highest BCUT2D eigenvalue weighted by molar-refractivity contribution is 14.1. The highest BCUT2D eigenvalue weighted by Gasteiger charge is 2.32. The Morgan fingerprint density at radius 2 is 1.65 bits per heavy atom. The highest BCUT2D eigenvalue weighted by atomic mass is 127. The van der Waals surface area contributed by atoms with Gasteiger partial charge in [-0.15, -0.1) is 0 Å². The van der Waals surface area contributed by atoms with E-state index in [-0.39, 0.29) is 5.92 Å². The van der Waals surface area contributed by atoms with Gasteiger partial charge in [0.05, 0.1) is 0 Å². The fraction of sp³-hybridized carbons (Fsp3) is 0.941. The normalized spacial score (nSPS) is 23.6. The summed E-state index contributed by atoms with van der Waals surface area (Å²) in [7, 11) is 0. The van der Waals surface area contributed by atoms with Gasteiger partial charge in [-0.25, -0.2) is 0 Å². The molecule has 20 heavy (non-hydrogen) atoms. The topological polar surface area (TPSA) is 29.1 Å². The Bertz CT molecular complexity index is 277. The molecule has 0 aliphatic heterocycles. The van der Waals surface area contributed by atoms with Crippen LogP contribution < -0.4 is 5.32 Å².